The number of carboxylic acids is 1. The second-order valence-electron chi connectivity index (χ2n) is 6.93. The van der Waals surface area contributed by atoms with Crippen LogP contribution in [0.15, 0.2) is 0 Å². The zero-order chi connectivity index (χ0) is 15.5. The van der Waals surface area contributed by atoms with Gasteiger partial charge in [-0.15, -0.1) is 0 Å². The maximum atomic E-state index is 13.0. The number of hydrogen-bond acceptors (Lipinski definition) is 3. The van der Waals surface area contributed by atoms with E-state index in [1.165, 1.54) is 0 Å². The summed E-state index contributed by atoms with van der Waals surface area (Å²) in [5.41, 5.74) is -0.209. The van der Waals surface area contributed by atoms with E-state index in [0.717, 1.165) is 32.1 Å². The highest BCUT2D eigenvalue weighted by molar-refractivity contribution is 5.83. The predicted octanol–water partition coefficient (Wildman–Crippen LogP) is 2.29. The molecular weight excluding hydrogens is 270 g/mol. The lowest BCUT2D eigenvalue weighted by atomic mass is 9.77. The maximum absolute atomic E-state index is 13.0. The molecule has 1 heterocycles. The highest BCUT2D eigenvalue weighted by Crippen LogP contribution is 2.44. The van der Waals surface area contributed by atoms with Crippen LogP contribution in [-0.4, -0.2) is 47.7 Å². The summed E-state index contributed by atoms with van der Waals surface area (Å²) in [5.74, 6) is -0.137. The molecule has 2 aliphatic rings. The zero-order valence-electron chi connectivity index (χ0n) is 13.1. The largest absolute Gasteiger partial charge is 0.481 e. The first-order valence-electron chi connectivity index (χ1n) is 8.06. The second kappa shape index (κ2) is 6.77. The molecule has 0 bridgehead atoms. The molecule has 1 amide bonds. The summed E-state index contributed by atoms with van der Waals surface area (Å²) in [4.78, 5) is 25.7. The number of carboxylic acid groups (broad SMARTS) is 1. The SMILES string of the molecule is CC(C)CC1(C(=O)N2CCOC(CC(=O)O)C2)CCCC1. The van der Waals surface area contributed by atoms with Crippen molar-refractivity contribution in [3.63, 3.8) is 0 Å². The standard InChI is InChI=1S/C16H27NO4/c1-12(2)10-16(5-3-4-6-16)15(20)17-7-8-21-13(11-17)9-14(18)19/h12-13H,3-11H2,1-2H3,(H,18,19). The Hall–Kier alpha value is -1.10. The van der Waals surface area contributed by atoms with Gasteiger partial charge in [-0.1, -0.05) is 26.7 Å². The third-order valence-corrected chi connectivity index (χ3v) is 4.64. The molecule has 1 aliphatic heterocycles. The van der Waals surface area contributed by atoms with Gasteiger partial charge >= 0.3 is 5.97 Å². The molecule has 5 nitrogen and oxygen atoms in total. The summed E-state index contributed by atoms with van der Waals surface area (Å²) in [6.07, 6.45) is 4.75. The normalized spacial score (nSPS) is 25.3. The van der Waals surface area contributed by atoms with Gasteiger partial charge in [-0.3, -0.25) is 9.59 Å². The number of aliphatic carboxylic acids is 1. The molecule has 0 spiro atoms. The van der Waals surface area contributed by atoms with Gasteiger partial charge in [-0.2, -0.15) is 0 Å². The van der Waals surface area contributed by atoms with Crippen molar-refractivity contribution in [3.8, 4) is 0 Å². The number of morpholine rings is 1. The monoisotopic (exact) mass is 297 g/mol. The highest BCUT2D eigenvalue weighted by atomic mass is 16.5. The third-order valence-electron chi connectivity index (χ3n) is 4.64. The summed E-state index contributed by atoms with van der Waals surface area (Å²) >= 11 is 0. The number of carbonyl (C=O) groups is 2. The van der Waals surface area contributed by atoms with Crippen LogP contribution in [0.3, 0.4) is 0 Å². The second-order valence-corrected chi connectivity index (χ2v) is 6.93. The fourth-order valence-corrected chi connectivity index (χ4v) is 3.90. The van der Waals surface area contributed by atoms with E-state index >= 15 is 0 Å². The van der Waals surface area contributed by atoms with Crippen molar-refractivity contribution in [1.82, 2.24) is 4.90 Å². The lowest BCUT2D eigenvalue weighted by molar-refractivity contribution is -0.154. The lowest BCUT2D eigenvalue weighted by Crippen LogP contribution is -2.51. The molecule has 1 saturated carbocycles. The Balaban J connectivity index is 2.04. The van der Waals surface area contributed by atoms with E-state index in [4.69, 9.17) is 9.84 Å². The Morgan fingerprint density at radius 2 is 2.00 bits per heavy atom. The quantitative estimate of drug-likeness (QED) is 0.845. The van der Waals surface area contributed by atoms with Gasteiger partial charge < -0.3 is 14.7 Å². The van der Waals surface area contributed by atoms with Crippen LogP contribution >= 0.6 is 0 Å². The van der Waals surface area contributed by atoms with Crippen LogP contribution in [-0.2, 0) is 14.3 Å². The number of hydrogen-bond donors (Lipinski definition) is 1. The minimum absolute atomic E-state index is 0.0268. The lowest BCUT2D eigenvalue weighted by Gasteiger charge is -2.39. The molecular formula is C16H27NO4. The van der Waals surface area contributed by atoms with Gasteiger partial charge in [0.2, 0.25) is 5.91 Å². The number of rotatable bonds is 5. The van der Waals surface area contributed by atoms with Crippen LogP contribution in [0.25, 0.3) is 0 Å². The van der Waals surface area contributed by atoms with Crippen LogP contribution in [0.4, 0.5) is 0 Å². The zero-order valence-corrected chi connectivity index (χ0v) is 13.1. The van der Waals surface area contributed by atoms with Gasteiger partial charge in [0.25, 0.3) is 0 Å². The molecule has 1 atom stereocenters. The van der Waals surface area contributed by atoms with Crippen molar-refractivity contribution in [1.29, 1.82) is 0 Å². The van der Waals surface area contributed by atoms with Crippen LogP contribution in [0, 0.1) is 11.3 Å². The summed E-state index contributed by atoms with van der Waals surface area (Å²) in [7, 11) is 0. The van der Waals surface area contributed by atoms with E-state index < -0.39 is 5.97 Å². The Kier molecular flexibility index (Phi) is 5.25. The van der Waals surface area contributed by atoms with Crippen LogP contribution in [0.1, 0.15) is 52.4 Å². The topological polar surface area (TPSA) is 66.8 Å². The van der Waals surface area contributed by atoms with E-state index in [2.05, 4.69) is 13.8 Å². The van der Waals surface area contributed by atoms with Gasteiger partial charge in [0, 0.05) is 18.5 Å². The molecule has 21 heavy (non-hydrogen) atoms. The molecule has 0 aromatic rings. The Morgan fingerprint density at radius 3 is 2.57 bits per heavy atom. The Morgan fingerprint density at radius 1 is 1.33 bits per heavy atom. The number of amides is 1. The molecule has 2 fully saturated rings. The molecule has 0 aromatic heterocycles. The first-order valence-corrected chi connectivity index (χ1v) is 8.06. The van der Waals surface area contributed by atoms with Gasteiger partial charge in [0.1, 0.15) is 0 Å². The number of nitrogens with zero attached hydrogens (tertiary/aromatic N) is 1. The third kappa shape index (κ3) is 3.96. The van der Waals surface area contributed by atoms with Crippen LogP contribution in [0.2, 0.25) is 0 Å². The van der Waals surface area contributed by atoms with E-state index in [1.807, 2.05) is 4.90 Å². The average Bonchev–Trinajstić information content (AvgIpc) is 2.86. The van der Waals surface area contributed by atoms with Crippen molar-refractivity contribution in [2.75, 3.05) is 19.7 Å². The fraction of sp³-hybridized carbons (Fsp3) is 0.875. The van der Waals surface area contributed by atoms with E-state index in [9.17, 15) is 9.59 Å². The molecule has 0 radical (unpaired) electrons. The predicted molar refractivity (Wildman–Crippen MR) is 78.9 cm³/mol. The van der Waals surface area contributed by atoms with Gasteiger partial charge in [0.15, 0.2) is 0 Å². The fourth-order valence-electron chi connectivity index (χ4n) is 3.90. The van der Waals surface area contributed by atoms with E-state index in [-0.39, 0.29) is 23.8 Å². The van der Waals surface area contributed by atoms with Gasteiger partial charge in [-0.05, 0) is 25.2 Å². The first kappa shape index (κ1) is 16.3. The molecule has 2 rings (SSSR count). The molecule has 1 unspecified atom stereocenters. The summed E-state index contributed by atoms with van der Waals surface area (Å²) in [5, 5.41) is 8.89. The number of ether oxygens (including phenoxy) is 1. The molecule has 1 N–H and O–H groups in total. The average molecular weight is 297 g/mol. The Labute approximate surface area is 126 Å². The minimum Gasteiger partial charge on any atom is -0.481 e. The van der Waals surface area contributed by atoms with Crippen molar-refractivity contribution < 1.29 is 19.4 Å². The molecule has 120 valence electrons. The summed E-state index contributed by atoms with van der Waals surface area (Å²) in [6, 6.07) is 0. The van der Waals surface area contributed by atoms with Crippen molar-refractivity contribution in [3.05, 3.63) is 0 Å². The van der Waals surface area contributed by atoms with Crippen LogP contribution in [0.5, 0.6) is 0 Å². The van der Waals surface area contributed by atoms with Gasteiger partial charge in [-0.25, -0.2) is 0 Å². The summed E-state index contributed by atoms with van der Waals surface area (Å²) < 4.78 is 5.47. The molecule has 0 aromatic carbocycles. The smallest absolute Gasteiger partial charge is 0.306 e. The van der Waals surface area contributed by atoms with Crippen molar-refractivity contribution >= 4 is 11.9 Å². The first-order chi connectivity index (χ1) is 9.93. The summed E-state index contributed by atoms with van der Waals surface area (Å²) in [6.45, 7) is 5.79. The Bertz CT molecular complexity index is 388. The minimum atomic E-state index is -0.868. The molecule has 5 heteroatoms. The molecule has 1 saturated heterocycles. The van der Waals surface area contributed by atoms with Crippen molar-refractivity contribution in [2.24, 2.45) is 11.3 Å². The maximum Gasteiger partial charge on any atom is 0.306 e. The molecule has 1 aliphatic carbocycles. The van der Waals surface area contributed by atoms with Crippen LogP contribution < -0.4 is 0 Å². The van der Waals surface area contributed by atoms with E-state index in [1.54, 1.807) is 0 Å². The van der Waals surface area contributed by atoms with Crippen molar-refractivity contribution in [2.45, 2.75) is 58.5 Å². The highest BCUT2D eigenvalue weighted by Gasteiger charge is 2.44. The van der Waals surface area contributed by atoms with E-state index in [0.29, 0.717) is 25.6 Å². The number of carbonyl (C=O) groups excluding carboxylic acids is 1. The van der Waals surface area contributed by atoms with Gasteiger partial charge in [0.05, 0.1) is 19.1 Å².